The maximum absolute atomic E-state index is 11.1. The van der Waals surface area contributed by atoms with E-state index in [1.54, 1.807) is 12.1 Å². The molecule has 2 aromatic carbocycles. The van der Waals surface area contributed by atoms with E-state index >= 15 is 0 Å². The molecule has 3 rings (SSSR count). The van der Waals surface area contributed by atoms with Gasteiger partial charge in [-0.1, -0.05) is 30.3 Å². The lowest BCUT2D eigenvalue weighted by Gasteiger charge is -2.04. The van der Waals surface area contributed by atoms with Crippen LogP contribution >= 0.6 is 0 Å². The molecule has 0 saturated heterocycles. The van der Waals surface area contributed by atoms with Gasteiger partial charge < -0.3 is 15.5 Å². The van der Waals surface area contributed by atoms with Crippen molar-refractivity contribution in [2.45, 2.75) is 13.1 Å². The number of carbonyl (C=O) groups is 1. The Morgan fingerprint density at radius 3 is 2.71 bits per heavy atom. The van der Waals surface area contributed by atoms with Crippen LogP contribution < -0.4 is 11.1 Å². The van der Waals surface area contributed by atoms with Crippen molar-refractivity contribution in [3.8, 4) is 0 Å². The van der Waals surface area contributed by atoms with Crippen LogP contribution in [0, 0.1) is 0 Å². The molecule has 0 bridgehead atoms. The van der Waals surface area contributed by atoms with Crippen LogP contribution in [0.15, 0.2) is 59.0 Å². The lowest BCUT2D eigenvalue weighted by Crippen LogP contribution is -2.14. The molecule has 0 radical (unpaired) electrons. The number of rotatable bonds is 5. The number of nitrogens with two attached hydrogens (primary N) is 1. The molecule has 0 aliphatic rings. The summed E-state index contributed by atoms with van der Waals surface area (Å²) in [5.74, 6) is 0.483. The average molecular weight is 280 g/mol. The summed E-state index contributed by atoms with van der Waals surface area (Å²) >= 11 is 0. The van der Waals surface area contributed by atoms with Gasteiger partial charge in [-0.2, -0.15) is 0 Å². The predicted molar refractivity (Wildman–Crippen MR) is 81.7 cm³/mol. The number of fused-ring (bicyclic) bond motifs is 1. The minimum absolute atomic E-state index is 0.408. The third kappa shape index (κ3) is 3.12. The molecular weight excluding hydrogens is 264 g/mol. The molecule has 0 fully saturated rings. The molecule has 1 amide bonds. The molecule has 0 spiro atoms. The number of nitrogens with one attached hydrogen (secondary N) is 1. The zero-order chi connectivity index (χ0) is 14.7. The van der Waals surface area contributed by atoms with Crippen LogP contribution in [0.25, 0.3) is 11.0 Å². The summed E-state index contributed by atoms with van der Waals surface area (Å²) < 4.78 is 5.73. The predicted octanol–water partition coefficient (Wildman–Crippen LogP) is 2.82. The second-order valence-electron chi connectivity index (χ2n) is 4.92. The van der Waals surface area contributed by atoms with Crippen LogP contribution in [0.1, 0.15) is 21.7 Å². The first-order valence-electron chi connectivity index (χ1n) is 6.79. The van der Waals surface area contributed by atoms with Crippen LogP contribution in [0.3, 0.4) is 0 Å². The molecule has 21 heavy (non-hydrogen) atoms. The van der Waals surface area contributed by atoms with Crippen molar-refractivity contribution in [2.24, 2.45) is 5.73 Å². The van der Waals surface area contributed by atoms with E-state index in [1.807, 2.05) is 42.5 Å². The summed E-state index contributed by atoms with van der Waals surface area (Å²) in [5, 5.41) is 4.40. The van der Waals surface area contributed by atoms with Gasteiger partial charge in [0.25, 0.3) is 0 Å². The van der Waals surface area contributed by atoms with Crippen LogP contribution in [-0.2, 0) is 13.1 Å². The van der Waals surface area contributed by atoms with E-state index in [0.29, 0.717) is 18.7 Å². The Labute approximate surface area is 122 Å². The van der Waals surface area contributed by atoms with Gasteiger partial charge in [0, 0.05) is 17.5 Å². The van der Waals surface area contributed by atoms with E-state index in [-0.39, 0.29) is 0 Å². The number of para-hydroxylation sites is 1. The average Bonchev–Trinajstić information content (AvgIpc) is 2.90. The van der Waals surface area contributed by atoms with Gasteiger partial charge in [0.2, 0.25) is 5.91 Å². The first kappa shape index (κ1) is 13.4. The van der Waals surface area contributed by atoms with Gasteiger partial charge in [0.1, 0.15) is 11.3 Å². The van der Waals surface area contributed by atoms with E-state index in [1.165, 1.54) is 0 Å². The highest BCUT2D eigenvalue weighted by molar-refractivity contribution is 5.92. The Balaban J connectivity index is 1.63. The lowest BCUT2D eigenvalue weighted by atomic mass is 10.1. The van der Waals surface area contributed by atoms with Crippen molar-refractivity contribution in [3.05, 3.63) is 71.5 Å². The van der Waals surface area contributed by atoms with Gasteiger partial charge in [-0.05, 0) is 29.8 Å². The molecule has 4 heteroatoms. The molecule has 0 aliphatic carbocycles. The normalized spacial score (nSPS) is 10.9. The third-order valence-electron chi connectivity index (χ3n) is 3.32. The molecular formula is C17H16N2O2. The largest absolute Gasteiger partial charge is 0.460 e. The first-order chi connectivity index (χ1) is 10.2. The Morgan fingerprint density at radius 1 is 1.05 bits per heavy atom. The van der Waals surface area contributed by atoms with Gasteiger partial charge in [-0.15, -0.1) is 0 Å². The van der Waals surface area contributed by atoms with Crippen molar-refractivity contribution >= 4 is 16.9 Å². The Bertz CT molecular complexity index is 744. The van der Waals surface area contributed by atoms with E-state index in [0.717, 1.165) is 22.3 Å². The summed E-state index contributed by atoms with van der Waals surface area (Å²) in [6.45, 7) is 1.29. The zero-order valence-electron chi connectivity index (χ0n) is 11.5. The smallest absolute Gasteiger partial charge is 0.248 e. The number of carbonyl (C=O) groups excluding carboxylic acids is 1. The number of benzene rings is 2. The highest BCUT2D eigenvalue weighted by atomic mass is 16.3. The molecule has 0 saturated carbocycles. The topological polar surface area (TPSA) is 68.3 Å². The summed E-state index contributed by atoms with van der Waals surface area (Å²) in [6, 6.07) is 17.3. The minimum Gasteiger partial charge on any atom is -0.460 e. The Morgan fingerprint density at radius 2 is 1.90 bits per heavy atom. The highest BCUT2D eigenvalue weighted by Crippen LogP contribution is 2.18. The number of amides is 1. The summed E-state index contributed by atoms with van der Waals surface area (Å²) in [7, 11) is 0. The van der Waals surface area contributed by atoms with Crippen LogP contribution in [-0.4, -0.2) is 5.91 Å². The Hall–Kier alpha value is -2.59. The van der Waals surface area contributed by atoms with Crippen molar-refractivity contribution in [3.63, 3.8) is 0 Å². The van der Waals surface area contributed by atoms with Crippen molar-refractivity contribution < 1.29 is 9.21 Å². The van der Waals surface area contributed by atoms with E-state index in [2.05, 4.69) is 5.32 Å². The fourth-order valence-electron chi connectivity index (χ4n) is 2.29. The van der Waals surface area contributed by atoms with Crippen molar-refractivity contribution in [1.29, 1.82) is 0 Å². The van der Waals surface area contributed by atoms with Crippen molar-refractivity contribution in [1.82, 2.24) is 5.32 Å². The van der Waals surface area contributed by atoms with Crippen LogP contribution in [0.4, 0.5) is 0 Å². The van der Waals surface area contributed by atoms with Crippen LogP contribution in [0.2, 0.25) is 0 Å². The minimum atomic E-state index is -0.408. The number of hydrogen-bond acceptors (Lipinski definition) is 3. The molecule has 106 valence electrons. The van der Waals surface area contributed by atoms with Gasteiger partial charge in [0.15, 0.2) is 0 Å². The lowest BCUT2D eigenvalue weighted by molar-refractivity contribution is 0.1000. The van der Waals surface area contributed by atoms with Gasteiger partial charge >= 0.3 is 0 Å². The summed E-state index contributed by atoms with van der Waals surface area (Å²) in [6.07, 6.45) is 0. The Kier molecular flexibility index (Phi) is 3.71. The molecule has 1 heterocycles. The molecule has 3 N–H and O–H groups in total. The summed E-state index contributed by atoms with van der Waals surface area (Å²) in [4.78, 5) is 11.1. The maximum atomic E-state index is 11.1. The summed E-state index contributed by atoms with van der Waals surface area (Å²) in [5.41, 5.74) is 7.71. The molecule has 0 aliphatic heterocycles. The first-order valence-corrected chi connectivity index (χ1v) is 6.79. The quantitative estimate of drug-likeness (QED) is 0.755. The molecule has 4 nitrogen and oxygen atoms in total. The maximum Gasteiger partial charge on any atom is 0.248 e. The SMILES string of the molecule is NC(=O)c1cccc(CNCc2cc3ccccc3o2)c1. The molecule has 0 atom stereocenters. The molecule has 3 aromatic rings. The number of furan rings is 1. The standard InChI is InChI=1S/C17H16N2O2/c18-17(20)14-6-3-4-12(8-14)10-19-11-15-9-13-5-1-2-7-16(13)21-15/h1-9,19H,10-11H2,(H2,18,20). The second-order valence-corrected chi connectivity index (χ2v) is 4.92. The van der Waals surface area contributed by atoms with Gasteiger partial charge in [0.05, 0.1) is 6.54 Å². The fraction of sp³-hybridized carbons (Fsp3) is 0.118. The van der Waals surface area contributed by atoms with E-state index < -0.39 is 5.91 Å². The van der Waals surface area contributed by atoms with Crippen LogP contribution in [0.5, 0.6) is 0 Å². The number of primary amides is 1. The van der Waals surface area contributed by atoms with E-state index in [4.69, 9.17) is 10.2 Å². The van der Waals surface area contributed by atoms with E-state index in [9.17, 15) is 4.79 Å². The second kappa shape index (κ2) is 5.81. The van der Waals surface area contributed by atoms with Gasteiger partial charge in [-0.25, -0.2) is 0 Å². The molecule has 0 unspecified atom stereocenters. The van der Waals surface area contributed by atoms with Gasteiger partial charge in [-0.3, -0.25) is 4.79 Å². The zero-order valence-corrected chi connectivity index (χ0v) is 11.5. The van der Waals surface area contributed by atoms with Crippen molar-refractivity contribution in [2.75, 3.05) is 0 Å². The highest BCUT2D eigenvalue weighted by Gasteiger charge is 2.04. The third-order valence-corrected chi connectivity index (χ3v) is 3.32. The molecule has 1 aromatic heterocycles. The fourth-order valence-corrected chi connectivity index (χ4v) is 2.29. The monoisotopic (exact) mass is 280 g/mol. The number of hydrogen-bond donors (Lipinski definition) is 2.